The van der Waals surface area contributed by atoms with Gasteiger partial charge in [-0.25, -0.2) is 4.98 Å². The summed E-state index contributed by atoms with van der Waals surface area (Å²) in [4.78, 5) is 20.0. The Bertz CT molecular complexity index is 979. The van der Waals surface area contributed by atoms with Crippen LogP contribution in [0.15, 0.2) is 42.5 Å². The monoisotopic (exact) mass is 396 g/mol. The minimum Gasteiger partial charge on any atom is -0.497 e. The molecule has 0 bridgehead atoms. The number of ether oxygens (including phenoxy) is 2. The zero-order valence-corrected chi connectivity index (χ0v) is 17.0. The minimum atomic E-state index is -0.0773. The standard InChI is InChI=1S/C22H24N2O3S/c1-3-15-7-5-11-19-20(15)23-22(28-19)24(14-18-10-6-12-27-18)21(25)16-8-4-9-17(13-16)26-2/h4-5,7-9,11,13,18H,3,6,10,12,14H2,1-2H3. The molecule has 28 heavy (non-hydrogen) atoms. The molecule has 3 aromatic rings. The number of aryl methyl sites for hydroxylation is 1. The fraction of sp³-hybridized carbons (Fsp3) is 0.364. The predicted molar refractivity (Wildman–Crippen MR) is 113 cm³/mol. The van der Waals surface area contributed by atoms with E-state index >= 15 is 0 Å². The van der Waals surface area contributed by atoms with Gasteiger partial charge in [0.25, 0.3) is 5.91 Å². The van der Waals surface area contributed by atoms with E-state index in [1.165, 1.54) is 5.56 Å². The fourth-order valence-electron chi connectivity index (χ4n) is 3.55. The summed E-state index contributed by atoms with van der Waals surface area (Å²) >= 11 is 1.56. The number of para-hydroxylation sites is 1. The molecular formula is C22H24N2O3S. The highest BCUT2D eigenvalue weighted by Gasteiger charge is 2.27. The Morgan fingerprint density at radius 1 is 1.32 bits per heavy atom. The lowest BCUT2D eigenvalue weighted by atomic mass is 10.1. The zero-order valence-electron chi connectivity index (χ0n) is 16.2. The van der Waals surface area contributed by atoms with Crippen molar-refractivity contribution >= 4 is 32.6 Å². The highest BCUT2D eigenvalue weighted by molar-refractivity contribution is 7.22. The van der Waals surface area contributed by atoms with Crippen LogP contribution in [0.1, 0.15) is 35.7 Å². The molecule has 0 saturated carbocycles. The number of fused-ring (bicyclic) bond motifs is 1. The number of nitrogens with zero attached hydrogens (tertiary/aromatic N) is 2. The molecule has 2 heterocycles. The SMILES string of the molecule is CCc1cccc2sc(N(CC3CCCO3)C(=O)c3cccc(OC)c3)nc12. The molecule has 1 saturated heterocycles. The van der Waals surface area contributed by atoms with E-state index in [0.717, 1.165) is 41.2 Å². The Morgan fingerprint density at radius 2 is 2.18 bits per heavy atom. The van der Waals surface area contributed by atoms with Gasteiger partial charge in [-0.3, -0.25) is 9.69 Å². The molecule has 1 fully saturated rings. The number of benzene rings is 2. The van der Waals surface area contributed by atoms with Gasteiger partial charge in [-0.15, -0.1) is 0 Å². The molecule has 1 aromatic heterocycles. The summed E-state index contributed by atoms with van der Waals surface area (Å²) < 4.78 is 12.2. The predicted octanol–water partition coefficient (Wildman–Crippen LogP) is 4.69. The Kier molecular flexibility index (Phi) is 5.59. The fourth-order valence-corrected chi connectivity index (χ4v) is 4.57. The molecule has 146 valence electrons. The van der Waals surface area contributed by atoms with Gasteiger partial charge in [0.15, 0.2) is 5.13 Å². The normalized spacial score (nSPS) is 16.4. The van der Waals surface area contributed by atoms with Crippen molar-refractivity contribution in [1.29, 1.82) is 0 Å². The van der Waals surface area contributed by atoms with Crippen molar-refractivity contribution in [1.82, 2.24) is 4.98 Å². The van der Waals surface area contributed by atoms with Gasteiger partial charge in [-0.05, 0) is 49.1 Å². The van der Waals surface area contributed by atoms with Crippen LogP contribution >= 0.6 is 11.3 Å². The molecule has 1 atom stereocenters. The third-order valence-electron chi connectivity index (χ3n) is 5.08. The Labute approximate surface area is 168 Å². The highest BCUT2D eigenvalue weighted by Crippen LogP contribution is 2.33. The summed E-state index contributed by atoms with van der Waals surface area (Å²) in [5, 5.41) is 0.721. The Hall–Kier alpha value is -2.44. The van der Waals surface area contributed by atoms with Gasteiger partial charge in [0, 0.05) is 12.2 Å². The van der Waals surface area contributed by atoms with Crippen molar-refractivity contribution in [3.63, 3.8) is 0 Å². The Balaban J connectivity index is 1.73. The summed E-state index contributed by atoms with van der Waals surface area (Å²) in [6, 6.07) is 13.5. The van der Waals surface area contributed by atoms with Crippen LogP contribution in [0.2, 0.25) is 0 Å². The summed E-state index contributed by atoms with van der Waals surface area (Å²) in [7, 11) is 1.60. The molecule has 1 aliphatic rings. The van der Waals surface area contributed by atoms with Gasteiger partial charge in [0.1, 0.15) is 5.75 Å². The molecule has 4 rings (SSSR count). The van der Waals surface area contributed by atoms with Crippen LogP contribution < -0.4 is 9.64 Å². The zero-order chi connectivity index (χ0) is 19.5. The lowest BCUT2D eigenvalue weighted by molar-refractivity contribution is 0.0917. The van der Waals surface area contributed by atoms with Gasteiger partial charge >= 0.3 is 0 Å². The number of rotatable bonds is 6. The van der Waals surface area contributed by atoms with E-state index in [2.05, 4.69) is 25.1 Å². The maximum atomic E-state index is 13.4. The van der Waals surface area contributed by atoms with Crippen LogP contribution in [0.4, 0.5) is 5.13 Å². The molecular weight excluding hydrogens is 372 g/mol. The maximum Gasteiger partial charge on any atom is 0.260 e. The van der Waals surface area contributed by atoms with Crippen LogP contribution in [-0.2, 0) is 11.2 Å². The van der Waals surface area contributed by atoms with E-state index in [-0.39, 0.29) is 12.0 Å². The molecule has 6 heteroatoms. The first-order valence-electron chi connectivity index (χ1n) is 9.65. The van der Waals surface area contributed by atoms with E-state index in [9.17, 15) is 4.79 Å². The molecule has 2 aromatic carbocycles. The van der Waals surface area contributed by atoms with Gasteiger partial charge < -0.3 is 9.47 Å². The van der Waals surface area contributed by atoms with Crippen molar-refractivity contribution in [2.75, 3.05) is 25.2 Å². The first-order valence-corrected chi connectivity index (χ1v) is 10.5. The topological polar surface area (TPSA) is 51.7 Å². The first-order chi connectivity index (χ1) is 13.7. The van der Waals surface area contributed by atoms with Crippen molar-refractivity contribution in [3.05, 3.63) is 53.6 Å². The number of hydrogen-bond acceptors (Lipinski definition) is 5. The maximum absolute atomic E-state index is 13.4. The molecule has 0 spiro atoms. The molecule has 1 unspecified atom stereocenters. The van der Waals surface area contributed by atoms with Crippen molar-refractivity contribution in [2.45, 2.75) is 32.3 Å². The number of anilines is 1. The van der Waals surface area contributed by atoms with E-state index in [0.29, 0.717) is 17.9 Å². The molecule has 5 nitrogen and oxygen atoms in total. The highest BCUT2D eigenvalue weighted by atomic mass is 32.1. The van der Waals surface area contributed by atoms with Gasteiger partial charge in [-0.2, -0.15) is 0 Å². The summed E-state index contributed by atoms with van der Waals surface area (Å²) in [5.74, 6) is 0.590. The summed E-state index contributed by atoms with van der Waals surface area (Å²) in [6.45, 7) is 3.39. The second-order valence-electron chi connectivity index (χ2n) is 6.90. The van der Waals surface area contributed by atoms with E-state index < -0.39 is 0 Å². The van der Waals surface area contributed by atoms with Crippen LogP contribution in [-0.4, -0.2) is 37.3 Å². The molecule has 0 aliphatic carbocycles. The average Bonchev–Trinajstić information content (AvgIpc) is 3.40. The molecule has 1 amide bonds. The van der Waals surface area contributed by atoms with E-state index in [1.54, 1.807) is 29.4 Å². The number of aromatic nitrogens is 1. The Morgan fingerprint density at radius 3 is 2.93 bits per heavy atom. The van der Waals surface area contributed by atoms with Crippen LogP contribution in [0.25, 0.3) is 10.2 Å². The lowest BCUT2D eigenvalue weighted by Gasteiger charge is -2.23. The van der Waals surface area contributed by atoms with Crippen LogP contribution in [0, 0.1) is 0 Å². The number of amides is 1. The largest absolute Gasteiger partial charge is 0.497 e. The second-order valence-corrected chi connectivity index (χ2v) is 7.91. The first kappa shape index (κ1) is 18.9. The van der Waals surface area contributed by atoms with Gasteiger partial charge in [0.2, 0.25) is 0 Å². The molecule has 0 radical (unpaired) electrons. The average molecular weight is 397 g/mol. The van der Waals surface area contributed by atoms with Gasteiger partial charge in [-0.1, -0.05) is 36.5 Å². The van der Waals surface area contributed by atoms with Gasteiger partial charge in [0.05, 0.1) is 30.0 Å². The number of hydrogen-bond donors (Lipinski definition) is 0. The second kappa shape index (κ2) is 8.29. The van der Waals surface area contributed by atoms with Crippen molar-refractivity contribution in [3.8, 4) is 5.75 Å². The van der Waals surface area contributed by atoms with E-state index in [1.807, 2.05) is 18.2 Å². The summed E-state index contributed by atoms with van der Waals surface area (Å²) in [6.07, 6.45) is 2.96. The van der Waals surface area contributed by atoms with E-state index in [4.69, 9.17) is 14.5 Å². The molecule has 0 N–H and O–H groups in total. The third-order valence-corrected chi connectivity index (χ3v) is 6.12. The van der Waals surface area contributed by atoms with Crippen LogP contribution in [0.5, 0.6) is 5.75 Å². The van der Waals surface area contributed by atoms with Crippen molar-refractivity contribution in [2.24, 2.45) is 0 Å². The summed E-state index contributed by atoms with van der Waals surface area (Å²) in [5.41, 5.74) is 2.78. The number of methoxy groups -OCH3 is 1. The third kappa shape index (κ3) is 3.75. The van der Waals surface area contributed by atoms with Crippen LogP contribution in [0.3, 0.4) is 0 Å². The molecule has 1 aliphatic heterocycles. The number of thiazole rings is 1. The smallest absolute Gasteiger partial charge is 0.260 e. The quantitative estimate of drug-likeness (QED) is 0.606. The van der Waals surface area contributed by atoms with Crippen molar-refractivity contribution < 1.29 is 14.3 Å². The minimum absolute atomic E-state index is 0.0483. The number of carbonyl (C=O) groups is 1. The lowest BCUT2D eigenvalue weighted by Crippen LogP contribution is -2.37. The number of carbonyl (C=O) groups excluding carboxylic acids is 1.